The smallest absolute Gasteiger partial charge is 0.254 e. The summed E-state index contributed by atoms with van der Waals surface area (Å²) in [4.78, 5) is 14.5. The van der Waals surface area contributed by atoms with Gasteiger partial charge in [-0.05, 0) is 50.4 Å². The molecule has 5 heteroatoms. The zero-order valence-electron chi connectivity index (χ0n) is 11.2. The molecule has 0 radical (unpaired) electrons. The number of benzene rings is 1. The molecule has 1 atom stereocenters. The van der Waals surface area contributed by atoms with Crippen LogP contribution in [0.3, 0.4) is 0 Å². The van der Waals surface area contributed by atoms with E-state index in [9.17, 15) is 9.18 Å². The van der Waals surface area contributed by atoms with Gasteiger partial charge in [-0.25, -0.2) is 4.39 Å². The van der Waals surface area contributed by atoms with Crippen molar-refractivity contribution in [2.75, 3.05) is 13.1 Å². The largest absolute Gasteiger partial charge is 0.334 e. The predicted octanol–water partition coefficient (Wildman–Crippen LogP) is 2.84. The zero-order chi connectivity index (χ0) is 14.1. The van der Waals surface area contributed by atoms with Gasteiger partial charge in [0, 0.05) is 24.2 Å². The highest BCUT2D eigenvalue weighted by Crippen LogP contribution is 2.29. The lowest BCUT2D eigenvalue weighted by atomic mass is 10.1. The first-order valence-corrected chi connectivity index (χ1v) is 7.52. The fraction of sp³-hybridized carbons (Fsp3) is 0.533. The summed E-state index contributed by atoms with van der Waals surface area (Å²) in [6.07, 6.45) is 4.36. The molecule has 1 unspecified atom stereocenters. The van der Waals surface area contributed by atoms with Gasteiger partial charge in [0.15, 0.2) is 0 Å². The molecule has 3 nitrogen and oxygen atoms in total. The third-order valence-corrected chi connectivity index (χ3v) is 4.30. The molecule has 1 aliphatic heterocycles. The molecule has 0 spiro atoms. The average molecular weight is 297 g/mol. The first kappa shape index (κ1) is 13.8. The van der Waals surface area contributed by atoms with E-state index in [1.165, 1.54) is 12.1 Å². The molecular weight excluding hydrogens is 279 g/mol. The third-order valence-electron chi connectivity index (χ3n) is 3.99. The molecule has 2 fully saturated rings. The lowest BCUT2D eigenvalue weighted by Crippen LogP contribution is -2.42. The van der Waals surface area contributed by atoms with Crippen LogP contribution in [0.5, 0.6) is 0 Å². The Morgan fingerprint density at radius 1 is 1.40 bits per heavy atom. The van der Waals surface area contributed by atoms with Crippen LogP contribution in [-0.2, 0) is 0 Å². The molecule has 1 aromatic carbocycles. The molecule has 3 rings (SSSR count). The number of hydrogen-bond acceptors (Lipinski definition) is 2. The Bertz CT molecular complexity index is 513. The Labute approximate surface area is 123 Å². The standard InChI is InChI=1S/C15H18ClFN2O/c16-13-6-3-10(8-14(13)17)15(20)19(12-4-5-12)9-11-2-1-7-18-11/h3,6,8,11-12,18H,1-2,4-5,7,9H2. The van der Waals surface area contributed by atoms with Gasteiger partial charge in [-0.3, -0.25) is 4.79 Å². The molecule has 1 amide bonds. The van der Waals surface area contributed by atoms with Gasteiger partial charge in [-0.2, -0.15) is 0 Å². The second-order valence-corrected chi connectivity index (χ2v) is 6.02. The molecule has 1 N–H and O–H groups in total. The average Bonchev–Trinajstić information content (AvgIpc) is 3.15. The molecular formula is C15H18ClFN2O. The molecule has 1 aromatic rings. The summed E-state index contributed by atoms with van der Waals surface area (Å²) >= 11 is 5.67. The van der Waals surface area contributed by atoms with Gasteiger partial charge in [0.1, 0.15) is 5.82 Å². The van der Waals surface area contributed by atoms with Crippen LogP contribution in [-0.4, -0.2) is 36.0 Å². The van der Waals surface area contributed by atoms with Crippen LogP contribution in [0.4, 0.5) is 4.39 Å². The van der Waals surface area contributed by atoms with E-state index in [0.29, 0.717) is 24.2 Å². The molecule has 1 saturated carbocycles. The highest BCUT2D eigenvalue weighted by atomic mass is 35.5. The van der Waals surface area contributed by atoms with Crippen LogP contribution in [0.15, 0.2) is 18.2 Å². The van der Waals surface area contributed by atoms with Crippen LogP contribution in [0.25, 0.3) is 0 Å². The number of rotatable bonds is 4. The first-order chi connectivity index (χ1) is 9.65. The summed E-state index contributed by atoms with van der Waals surface area (Å²) in [6, 6.07) is 4.98. The molecule has 108 valence electrons. The molecule has 1 saturated heterocycles. The molecule has 1 aliphatic carbocycles. The molecule has 20 heavy (non-hydrogen) atoms. The highest BCUT2D eigenvalue weighted by molar-refractivity contribution is 6.30. The lowest BCUT2D eigenvalue weighted by Gasteiger charge is -2.26. The highest BCUT2D eigenvalue weighted by Gasteiger charge is 2.35. The van der Waals surface area contributed by atoms with Crippen LogP contribution >= 0.6 is 11.6 Å². The van der Waals surface area contributed by atoms with Crippen molar-refractivity contribution in [3.63, 3.8) is 0 Å². The fourth-order valence-corrected chi connectivity index (χ4v) is 2.85. The van der Waals surface area contributed by atoms with Crippen LogP contribution in [0.2, 0.25) is 5.02 Å². The van der Waals surface area contributed by atoms with Crippen molar-refractivity contribution < 1.29 is 9.18 Å². The summed E-state index contributed by atoms with van der Waals surface area (Å²) in [5.41, 5.74) is 0.386. The van der Waals surface area contributed by atoms with Gasteiger partial charge < -0.3 is 10.2 Å². The van der Waals surface area contributed by atoms with Crippen molar-refractivity contribution in [2.45, 2.75) is 37.8 Å². The van der Waals surface area contributed by atoms with E-state index in [-0.39, 0.29) is 10.9 Å². The van der Waals surface area contributed by atoms with Crippen molar-refractivity contribution in [3.05, 3.63) is 34.6 Å². The van der Waals surface area contributed by atoms with Gasteiger partial charge in [-0.1, -0.05) is 11.6 Å². The lowest BCUT2D eigenvalue weighted by molar-refractivity contribution is 0.0728. The van der Waals surface area contributed by atoms with Crippen LogP contribution < -0.4 is 5.32 Å². The Morgan fingerprint density at radius 2 is 2.20 bits per heavy atom. The van der Waals surface area contributed by atoms with E-state index in [0.717, 1.165) is 32.2 Å². The molecule has 0 bridgehead atoms. The number of amides is 1. The van der Waals surface area contributed by atoms with Crippen LogP contribution in [0, 0.1) is 5.82 Å². The van der Waals surface area contributed by atoms with Crippen molar-refractivity contribution in [2.24, 2.45) is 0 Å². The van der Waals surface area contributed by atoms with Crippen molar-refractivity contribution in [3.8, 4) is 0 Å². The number of halogens is 2. The van der Waals surface area contributed by atoms with Gasteiger partial charge in [0.25, 0.3) is 5.91 Å². The minimum Gasteiger partial charge on any atom is -0.334 e. The van der Waals surface area contributed by atoms with Crippen LogP contribution in [0.1, 0.15) is 36.0 Å². The van der Waals surface area contributed by atoms with Gasteiger partial charge in [0.2, 0.25) is 0 Å². The quantitative estimate of drug-likeness (QED) is 0.926. The Kier molecular flexibility index (Phi) is 3.94. The van der Waals surface area contributed by atoms with Gasteiger partial charge in [0.05, 0.1) is 5.02 Å². The van der Waals surface area contributed by atoms with Gasteiger partial charge in [-0.15, -0.1) is 0 Å². The molecule has 2 aliphatic rings. The SMILES string of the molecule is O=C(c1ccc(Cl)c(F)c1)N(CC1CCCN1)C1CC1. The zero-order valence-corrected chi connectivity index (χ0v) is 12.0. The van der Waals surface area contributed by atoms with Gasteiger partial charge >= 0.3 is 0 Å². The van der Waals surface area contributed by atoms with E-state index >= 15 is 0 Å². The maximum atomic E-state index is 13.5. The Hall–Kier alpha value is -1.13. The van der Waals surface area contributed by atoms with E-state index in [1.807, 2.05) is 4.90 Å². The predicted molar refractivity (Wildman–Crippen MR) is 76.5 cm³/mol. The van der Waals surface area contributed by atoms with E-state index in [4.69, 9.17) is 11.6 Å². The summed E-state index contributed by atoms with van der Waals surface area (Å²) in [6.45, 7) is 1.74. The molecule has 1 heterocycles. The van der Waals surface area contributed by atoms with Crippen molar-refractivity contribution in [1.82, 2.24) is 10.2 Å². The fourth-order valence-electron chi connectivity index (χ4n) is 2.73. The molecule has 0 aromatic heterocycles. The van der Waals surface area contributed by atoms with E-state index in [1.54, 1.807) is 6.07 Å². The van der Waals surface area contributed by atoms with Crippen molar-refractivity contribution >= 4 is 17.5 Å². The maximum Gasteiger partial charge on any atom is 0.254 e. The summed E-state index contributed by atoms with van der Waals surface area (Å²) in [7, 11) is 0. The topological polar surface area (TPSA) is 32.3 Å². The number of nitrogens with zero attached hydrogens (tertiary/aromatic N) is 1. The second kappa shape index (κ2) is 5.70. The Balaban J connectivity index is 1.75. The van der Waals surface area contributed by atoms with E-state index < -0.39 is 5.82 Å². The number of hydrogen-bond donors (Lipinski definition) is 1. The minimum atomic E-state index is -0.535. The summed E-state index contributed by atoms with van der Waals surface area (Å²) in [5.74, 6) is -0.621. The first-order valence-electron chi connectivity index (χ1n) is 7.14. The minimum absolute atomic E-state index is 0.0528. The summed E-state index contributed by atoms with van der Waals surface area (Å²) < 4.78 is 13.5. The summed E-state index contributed by atoms with van der Waals surface area (Å²) in [5, 5.41) is 3.46. The number of carbonyl (C=O) groups is 1. The second-order valence-electron chi connectivity index (χ2n) is 5.61. The third kappa shape index (κ3) is 2.96. The Morgan fingerprint density at radius 3 is 2.80 bits per heavy atom. The normalized spacial score (nSPS) is 22.0. The number of carbonyl (C=O) groups excluding carboxylic acids is 1. The van der Waals surface area contributed by atoms with E-state index in [2.05, 4.69) is 5.32 Å². The van der Waals surface area contributed by atoms with Crippen molar-refractivity contribution in [1.29, 1.82) is 0 Å². The maximum absolute atomic E-state index is 13.5. The monoisotopic (exact) mass is 296 g/mol. The number of nitrogens with one attached hydrogen (secondary N) is 1.